The maximum Gasteiger partial charge on any atom is 0.121 e. The molecule has 1 nitrogen and oxygen atoms in total. The predicted molar refractivity (Wildman–Crippen MR) is 33.7 cm³/mol. The van der Waals surface area contributed by atoms with Gasteiger partial charge >= 0.3 is 0 Å². The molecule has 0 aliphatic carbocycles. The first-order chi connectivity index (χ1) is 3.31. The van der Waals surface area contributed by atoms with Gasteiger partial charge < -0.3 is 4.79 Å². The summed E-state index contributed by atoms with van der Waals surface area (Å²) in [6, 6.07) is 0. The molecule has 0 amide bonds. The van der Waals surface area contributed by atoms with Crippen molar-refractivity contribution >= 4 is 18.9 Å². The van der Waals surface area contributed by atoms with Gasteiger partial charge in [0.2, 0.25) is 0 Å². The molecule has 0 bridgehead atoms. The molecule has 0 aliphatic rings. The predicted octanol–water partition coefficient (Wildman–Crippen LogP) is 1.28. The van der Waals surface area contributed by atoms with E-state index in [9.17, 15) is 4.79 Å². The lowest BCUT2D eigenvalue weighted by Crippen LogP contribution is -1.94. The van der Waals surface area contributed by atoms with E-state index in [1.807, 2.05) is 6.92 Å². The zero-order valence-corrected chi connectivity index (χ0v) is 5.32. The smallest absolute Gasteiger partial charge is 0.121 e. The molecule has 0 aromatic carbocycles. The van der Waals surface area contributed by atoms with E-state index in [0.29, 0.717) is 6.42 Å². The van der Waals surface area contributed by atoms with Crippen LogP contribution >= 0.6 is 12.6 Å². The van der Waals surface area contributed by atoms with Crippen LogP contribution in [0.5, 0.6) is 0 Å². The second-order valence-corrected chi connectivity index (χ2v) is 2.19. The second-order valence-electron chi connectivity index (χ2n) is 1.46. The summed E-state index contributed by atoms with van der Waals surface area (Å²) in [7, 11) is 0. The van der Waals surface area contributed by atoms with Crippen LogP contribution in [0.1, 0.15) is 19.8 Å². The van der Waals surface area contributed by atoms with E-state index in [2.05, 4.69) is 12.6 Å². The Kier molecular flexibility index (Phi) is 4.20. The standard InChI is InChI=1S/C5H10OS/c1-2-5(7)3-4-6/h4-5,7H,2-3H2,1H3. The Balaban J connectivity index is 2.98. The van der Waals surface area contributed by atoms with Gasteiger partial charge in [-0.2, -0.15) is 12.6 Å². The van der Waals surface area contributed by atoms with Crippen LogP contribution in [-0.2, 0) is 4.79 Å². The summed E-state index contributed by atoms with van der Waals surface area (Å²) in [6.07, 6.45) is 2.46. The van der Waals surface area contributed by atoms with Gasteiger partial charge in [-0.15, -0.1) is 0 Å². The molecule has 0 aromatic rings. The van der Waals surface area contributed by atoms with E-state index >= 15 is 0 Å². The van der Waals surface area contributed by atoms with Crippen molar-refractivity contribution in [2.45, 2.75) is 25.0 Å². The second kappa shape index (κ2) is 4.19. The fourth-order valence-corrected chi connectivity index (χ4v) is 0.364. The van der Waals surface area contributed by atoms with E-state index in [-0.39, 0.29) is 5.25 Å². The third kappa shape index (κ3) is 3.86. The van der Waals surface area contributed by atoms with Gasteiger partial charge in [0.05, 0.1) is 0 Å². The Labute approximate surface area is 49.5 Å². The number of rotatable bonds is 3. The highest BCUT2D eigenvalue weighted by molar-refractivity contribution is 7.81. The lowest BCUT2D eigenvalue weighted by molar-refractivity contribution is -0.107. The number of hydrogen-bond acceptors (Lipinski definition) is 2. The molecular formula is C5H10OS. The molecule has 0 heterocycles. The van der Waals surface area contributed by atoms with Crippen LogP contribution < -0.4 is 0 Å². The van der Waals surface area contributed by atoms with Crippen molar-refractivity contribution in [3.05, 3.63) is 0 Å². The van der Waals surface area contributed by atoms with Gasteiger partial charge in [0.25, 0.3) is 0 Å². The Hall–Kier alpha value is 0.0200. The Morgan fingerprint density at radius 2 is 2.43 bits per heavy atom. The zero-order valence-electron chi connectivity index (χ0n) is 4.42. The molecule has 0 aromatic heterocycles. The summed E-state index contributed by atoms with van der Waals surface area (Å²) >= 11 is 4.08. The molecule has 1 unspecified atom stereocenters. The lowest BCUT2D eigenvalue weighted by Gasteiger charge is -1.97. The molecule has 42 valence electrons. The average molecular weight is 118 g/mol. The summed E-state index contributed by atoms with van der Waals surface area (Å²) in [5, 5.41) is 0.275. The SMILES string of the molecule is CCC(S)CC=O. The number of carbonyl (C=O) groups is 1. The van der Waals surface area contributed by atoms with Gasteiger partial charge in [0.15, 0.2) is 0 Å². The van der Waals surface area contributed by atoms with Crippen LogP contribution in [0, 0.1) is 0 Å². The third-order valence-corrected chi connectivity index (χ3v) is 1.42. The number of hydrogen-bond donors (Lipinski definition) is 1. The van der Waals surface area contributed by atoms with E-state index in [1.54, 1.807) is 0 Å². The molecule has 1 atom stereocenters. The molecule has 0 radical (unpaired) electrons. The maximum atomic E-state index is 9.73. The minimum atomic E-state index is 0.275. The first kappa shape index (κ1) is 7.02. The van der Waals surface area contributed by atoms with E-state index in [4.69, 9.17) is 0 Å². The molecule has 7 heavy (non-hydrogen) atoms. The molecule has 0 fully saturated rings. The monoisotopic (exact) mass is 118 g/mol. The molecule has 2 heteroatoms. The first-order valence-electron chi connectivity index (χ1n) is 2.43. The summed E-state index contributed by atoms with van der Waals surface area (Å²) < 4.78 is 0. The quantitative estimate of drug-likeness (QED) is 0.436. The molecule has 0 saturated heterocycles. The summed E-state index contributed by atoms with van der Waals surface area (Å²) in [6.45, 7) is 2.02. The van der Waals surface area contributed by atoms with Crippen molar-refractivity contribution in [2.24, 2.45) is 0 Å². The Morgan fingerprint density at radius 1 is 1.86 bits per heavy atom. The van der Waals surface area contributed by atoms with E-state index in [1.165, 1.54) is 0 Å². The van der Waals surface area contributed by atoms with Crippen molar-refractivity contribution in [3.63, 3.8) is 0 Å². The Morgan fingerprint density at radius 3 is 2.57 bits per heavy atom. The minimum Gasteiger partial charge on any atom is -0.303 e. The average Bonchev–Trinajstić information content (AvgIpc) is 1.68. The van der Waals surface area contributed by atoms with Crippen molar-refractivity contribution in [3.8, 4) is 0 Å². The highest BCUT2D eigenvalue weighted by Gasteiger charge is 1.94. The van der Waals surface area contributed by atoms with Crippen molar-refractivity contribution < 1.29 is 4.79 Å². The summed E-state index contributed by atoms with van der Waals surface area (Å²) in [5.41, 5.74) is 0. The van der Waals surface area contributed by atoms with Gasteiger partial charge in [-0.25, -0.2) is 0 Å². The van der Waals surface area contributed by atoms with Gasteiger partial charge in [-0.05, 0) is 6.42 Å². The first-order valence-corrected chi connectivity index (χ1v) is 2.94. The lowest BCUT2D eigenvalue weighted by atomic mass is 10.3. The van der Waals surface area contributed by atoms with Crippen LogP contribution in [-0.4, -0.2) is 11.5 Å². The normalized spacial score (nSPS) is 13.4. The van der Waals surface area contributed by atoms with E-state index < -0.39 is 0 Å². The van der Waals surface area contributed by atoms with Gasteiger partial charge in [0, 0.05) is 11.7 Å². The number of thiol groups is 1. The van der Waals surface area contributed by atoms with Crippen LogP contribution in [0.15, 0.2) is 0 Å². The molecular weight excluding hydrogens is 108 g/mol. The highest BCUT2D eigenvalue weighted by atomic mass is 32.1. The largest absolute Gasteiger partial charge is 0.303 e. The van der Waals surface area contributed by atoms with Gasteiger partial charge in [-0.1, -0.05) is 6.92 Å². The highest BCUT2D eigenvalue weighted by Crippen LogP contribution is 2.01. The molecule has 0 spiro atoms. The number of aldehydes is 1. The summed E-state index contributed by atoms with van der Waals surface area (Å²) in [5.74, 6) is 0. The summed E-state index contributed by atoms with van der Waals surface area (Å²) in [4.78, 5) is 9.73. The minimum absolute atomic E-state index is 0.275. The van der Waals surface area contributed by atoms with Crippen LogP contribution in [0.2, 0.25) is 0 Å². The fourth-order valence-electron chi connectivity index (χ4n) is 0.278. The fraction of sp³-hybridized carbons (Fsp3) is 0.800. The molecule has 0 N–H and O–H groups in total. The zero-order chi connectivity index (χ0) is 5.70. The Bertz CT molecular complexity index is 54.0. The van der Waals surface area contributed by atoms with Crippen molar-refractivity contribution in [2.75, 3.05) is 0 Å². The van der Waals surface area contributed by atoms with E-state index in [0.717, 1.165) is 12.7 Å². The van der Waals surface area contributed by atoms with Crippen LogP contribution in [0.25, 0.3) is 0 Å². The molecule has 0 saturated carbocycles. The maximum absolute atomic E-state index is 9.73. The van der Waals surface area contributed by atoms with Crippen LogP contribution in [0.4, 0.5) is 0 Å². The number of carbonyl (C=O) groups excluding carboxylic acids is 1. The molecule has 0 rings (SSSR count). The topological polar surface area (TPSA) is 17.1 Å². The third-order valence-electron chi connectivity index (χ3n) is 0.840. The van der Waals surface area contributed by atoms with Gasteiger partial charge in [0.1, 0.15) is 6.29 Å². The molecule has 0 aliphatic heterocycles. The van der Waals surface area contributed by atoms with Gasteiger partial charge in [-0.3, -0.25) is 0 Å². The van der Waals surface area contributed by atoms with Crippen molar-refractivity contribution in [1.82, 2.24) is 0 Å². The van der Waals surface area contributed by atoms with Crippen LogP contribution in [0.3, 0.4) is 0 Å². The van der Waals surface area contributed by atoms with Crippen molar-refractivity contribution in [1.29, 1.82) is 0 Å².